The molecule has 1 aliphatic rings. The second kappa shape index (κ2) is 3.68. The first-order valence-electron chi connectivity index (χ1n) is 4.04. The Kier molecular flexibility index (Phi) is 3.04. The van der Waals surface area contributed by atoms with Crippen molar-refractivity contribution in [3.63, 3.8) is 0 Å². The van der Waals surface area contributed by atoms with Crippen molar-refractivity contribution in [2.75, 3.05) is 13.2 Å². The van der Waals surface area contributed by atoms with Crippen LogP contribution in [0.25, 0.3) is 0 Å². The lowest BCUT2D eigenvalue weighted by atomic mass is 10.2. The molecule has 4 heteroatoms. The van der Waals surface area contributed by atoms with Crippen molar-refractivity contribution in [2.45, 2.75) is 32.6 Å². The van der Waals surface area contributed by atoms with Crippen LogP contribution in [0.3, 0.4) is 0 Å². The van der Waals surface area contributed by atoms with E-state index in [1.54, 1.807) is 0 Å². The van der Waals surface area contributed by atoms with Gasteiger partial charge < -0.3 is 14.8 Å². The van der Waals surface area contributed by atoms with E-state index >= 15 is 0 Å². The van der Waals surface area contributed by atoms with Gasteiger partial charge in [-0.25, -0.2) is 0 Å². The summed E-state index contributed by atoms with van der Waals surface area (Å²) in [5.41, 5.74) is 0. The van der Waals surface area contributed by atoms with Gasteiger partial charge in [0.25, 0.3) is 0 Å². The first-order valence-corrected chi connectivity index (χ1v) is 4.45. The van der Waals surface area contributed by atoms with E-state index < -0.39 is 5.79 Å². The summed E-state index contributed by atoms with van der Waals surface area (Å²) in [6.45, 7) is 6.98. The molecule has 1 fully saturated rings. The maximum atomic E-state index is 5.43. The SMILES string of the molecule is CC(=S)NC1COC(C)(C)OC1. The molecule has 0 aliphatic carbocycles. The maximum absolute atomic E-state index is 5.43. The van der Waals surface area contributed by atoms with Gasteiger partial charge in [0.2, 0.25) is 0 Å². The fraction of sp³-hybridized carbons (Fsp3) is 0.875. The molecule has 0 aromatic rings. The van der Waals surface area contributed by atoms with Crippen molar-refractivity contribution in [3.05, 3.63) is 0 Å². The first kappa shape index (κ1) is 9.89. The Morgan fingerprint density at radius 2 is 1.92 bits per heavy atom. The Bertz CT molecular complexity index is 172. The summed E-state index contributed by atoms with van der Waals surface area (Å²) >= 11 is 4.91. The molecule has 1 N–H and O–H groups in total. The van der Waals surface area contributed by atoms with Crippen LogP contribution in [0.1, 0.15) is 20.8 Å². The summed E-state index contributed by atoms with van der Waals surface area (Å²) < 4.78 is 10.9. The topological polar surface area (TPSA) is 30.5 Å². The summed E-state index contributed by atoms with van der Waals surface area (Å²) in [6.07, 6.45) is 0. The molecule has 0 bridgehead atoms. The van der Waals surface area contributed by atoms with E-state index in [2.05, 4.69) is 5.32 Å². The van der Waals surface area contributed by atoms with Crippen molar-refractivity contribution in [1.82, 2.24) is 5.32 Å². The molecule has 3 nitrogen and oxygen atoms in total. The van der Waals surface area contributed by atoms with Crippen LogP contribution in [0, 0.1) is 0 Å². The van der Waals surface area contributed by atoms with Crippen LogP contribution >= 0.6 is 12.2 Å². The highest BCUT2D eigenvalue weighted by Crippen LogP contribution is 2.16. The van der Waals surface area contributed by atoms with E-state index in [0.717, 1.165) is 4.99 Å². The third kappa shape index (κ3) is 3.05. The smallest absolute Gasteiger partial charge is 0.162 e. The van der Waals surface area contributed by atoms with Gasteiger partial charge in [0.1, 0.15) is 0 Å². The van der Waals surface area contributed by atoms with Gasteiger partial charge >= 0.3 is 0 Å². The van der Waals surface area contributed by atoms with Crippen LogP contribution in [0.2, 0.25) is 0 Å². The van der Waals surface area contributed by atoms with Crippen molar-refractivity contribution >= 4 is 17.2 Å². The van der Waals surface area contributed by atoms with E-state index in [1.165, 1.54) is 0 Å². The van der Waals surface area contributed by atoms with Crippen molar-refractivity contribution in [2.24, 2.45) is 0 Å². The molecule has 0 unspecified atom stereocenters. The van der Waals surface area contributed by atoms with Crippen LogP contribution < -0.4 is 5.32 Å². The number of thiocarbonyl (C=S) groups is 1. The number of hydrogen-bond acceptors (Lipinski definition) is 3. The Morgan fingerprint density at radius 3 is 2.33 bits per heavy atom. The molecule has 1 aliphatic heterocycles. The van der Waals surface area contributed by atoms with E-state index in [4.69, 9.17) is 21.7 Å². The second-order valence-corrected chi connectivity index (χ2v) is 4.03. The number of nitrogens with one attached hydrogen (secondary N) is 1. The molecule has 0 amide bonds. The highest BCUT2D eigenvalue weighted by atomic mass is 32.1. The molecule has 70 valence electrons. The van der Waals surface area contributed by atoms with E-state index in [9.17, 15) is 0 Å². The van der Waals surface area contributed by atoms with Crippen LogP contribution in [-0.2, 0) is 9.47 Å². The van der Waals surface area contributed by atoms with E-state index in [0.29, 0.717) is 13.2 Å². The lowest BCUT2D eigenvalue weighted by Crippen LogP contribution is -2.49. The monoisotopic (exact) mass is 189 g/mol. The Labute approximate surface area is 78.4 Å². The van der Waals surface area contributed by atoms with Crippen LogP contribution in [0.4, 0.5) is 0 Å². The Hall–Kier alpha value is -0.190. The van der Waals surface area contributed by atoms with E-state index in [-0.39, 0.29) is 6.04 Å². The fourth-order valence-electron chi connectivity index (χ4n) is 1.06. The third-order valence-electron chi connectivity index (χ3n) is 1.67. The second-order valence-electron chi connectivity index (χ2n) is 3.42. The van der Waals surface area contributed by atoms with Gasteiger partial charge in [0.05, 0.1) is 24.2 Å². The third-order valence-corrected chi connectivity index (χ3v) is 1.79. The van der Waals surface area contributed by atoms with Crippen LogP contribution in [-0.4, -0.2) is 30.0 Å². The lowest BCUT2D eigenvalue weighted by Gasteiger charge is -2.35. The predicted molar refractivity (Wildman–Crippen MR) is 51.2 cm³/mol. The highest BCUT2D eigenvalue weighted by molar-refractivity contribution is 7.80. The molecule has 1 heterocycles. The normalized spacial score (nSPS) is 23.6. The van der Waals surface area contributed by atoms with Crippen LogP contribution in [0.15, 0.2) is 0 Å². The summed E-state index contributed by atoms with van der Waals surface area (Å²) in [5, 5.41) is 3.10. The first-order chi connectivity index (χ1) is 5.49. The molecule has 12 heavy (non-hydrogen) atoms. The van der Waals surface area contributed by atoms with Gasteiger partial charge in [-0.1, -0.05) is 12.2 Å². The minimum absolute atomic E-state index is 0.204. The van der Waals surface area contributed by atoms with Gasteiger partial charge in [0.15, 0.2) is 5.79 Å². The molecule has 1 saturated heterocycles. The fourth-order valence-corrected chi connectivity index (χ4v) is 1.23. The zero-order valence-corrected chi connectivity index (χ0v) is 8.53. The van der Waals surface area contributed by atoms with Crippen LogP contribution in [0.5, 0.6) is 0 Å². The quantitative estimate of drug-likeness (QED) is 0.625. The molecule has 0 spiro atoms. The van der Waals surface area contributed by atoms with Gasteiger partial charge in [-0.2, -0.15) is 0 Å². The summed E-state index contributed by atoms with van der Waals surface area (Å²) in [5.74, 6) is -0.437. The molecule has 0 aromatic heterocycles. The van der Waals surface area contributed by atoms with E-state index in [1.807, 2.05) is 20.8 Å². The zero-order valence-electron chi connectivity index (χ0n) is 7.72. The molecule has 0 aromatic carbocycles. The summed E-state index contributed by atoms with van der Waals surface area (Å²) in [6, 6.07) is 0.204. The van der Waals surface area contributed by atoms with Crippen molar-refractivity contribution in [3.8, 4) is 0 Å². The van der Waals surface area contributed by atoms with Gasteiger partial charge in [0, 0.05) is 0 Å². The largest absolute Gasteiger partial charge is 0.372 e. The number of rotatable bonds is 1. The summed E-state index contributed by atoms with van der Waals surface area (Å²) in [4.78, 5) is 0.784. The minimum atomic E-state index is -0.437. The molecule has 0 saturated carbocycles. The van der Waals surface area contributed by atoms with Crippen molar-refractivity contribution in [1.29, 1.82) is 0 Å². The molecule has 0 atom stereocenters. The lowest BCUT2D eigenvalue weighted by molar-refractivity contribution is -0.251. The average Bonchev–Trinajstić information content (AvgIpc) is 1.93. The molecule has 1 rings (SSSR count). The minimum Gasteiger partial charge on any atom is -0.372 e. The average molecular weight is 189 g/mol. The van der Waals surface area contributed by atoms with Gasteiger partial charge in [-0.05, 0) is 20.8 Å². The Morgan fingerprint density at radius 1 is 1.42 bits per heavy atom. The molecular weight excluding hydrogens is 174 g/mol. The molecule has 0 radical (unpaired) electrons. The standard InChI is InChI=1S/C8H15NO2S/c1-6(12)9-7-4-10-8(2,3)11-5-7/h7H,4-5H2,1-3H3,(H,9,12). The van der Waals surface area contributed by atoms with Crippen molar-refractivity contribution < 1.29 is 9.47 Å². The zero-order chi connectivity index (χ0) is 9.19. The number of hydrogen-bond donors (Lipinski definition) is 1. The van der Waals surface area contributed by atoms with Gasteiger partial charge in [-0.15, -0.1) is 0 Å². The maximum Gasteiger partial charge on any atom is 0.162 e. The Balaban J connectivity index is 2.31. The summed E-state index contributed by atoms with van der Waals surface area (Å²) in [7, 11) is 0. The predicted octanol–water partition coefficient (Wildman–Crippen LogP) is 1.07. The number of ether oxygens (including phenoxy) is 2. The molecular formula is C8H15NO2S. The highest BCUT2D eigenvalue weighted by Gasteiger charge is 2.27. The van der Waals surface area contributed by atoms with Gasteiger partial charge in [-0.3, -0.25) is 0 Å².